The predicted molar refractivity (Wildman–Crippen MR) is 73.0 cm³/mol. The summed E-state index contributed by atoms with van der Waals surface area (Å²) in [5, 5.41) is 2.14. The highest BCUT2D eigenvalue weighted by molar-refractivity contribution is 9.10. The van der Waals surface area contributed by atoms with E-state index in [-0.39, 0.29) is 5.75 Å². The van der Waals surface area contributed by atoms with E-state index in [4.69, 9.17) is 0 Å². The molecule has 0 atom stereocenters. The van der Waals surface area contributed by atoms with Gasteiger partial charge in [0.15, 0.2) is 0 Å². The van der Waals surface area contributed by atoms with Crippen molar-refractivity contribution in [1.82, 2.24) is 10.4 Å². The van der Waals surface area contributed by atoms with Crippen LogP contribution >= 0.6 is 15.9 Å². The fourth-order valence-electron chi connectivity index (χ4n) is 2.15. The van der Waals surface area contributed by atoms with Crippen molar-refractivity contribution in [3.63, 3.8) is 0 Å². The number of ether oxygens (including phenoxy) is 1. The Morgan fingerprint density at radius 3 is 2.68 bits per heavy atom. The highest BCUT2D eigenvalue weighted by Crippen LogP contribution is 2.25. The van der Waals surface area contributed by atoms with Gasteiger partial charge in [-0.15, -0.1) is 0 Å². The van der Waals surface area contributed by atoms with E-state index in [1.807, 2.05) is 0 Å². The number of halogens is 3. The highest BCUT2D eigenvalue weighted by Gasteiger charge is 2.13. The zero-order valence-electron chi connectivity index (χ0n) is 10.5. The minimum atomic E-state index is -2.80. The van der Waals surface area contributed by atoms with Crippen molar-refractivity contribution in [2.45, 2.75) is 32.4 Å². The monoisotopic (exact) mass is 334 g/mol. The van der Waals surface area contributed by atoms with Crippen molar-refractivity contribution in [3.05, 3.63) is 28.2 Å². The van der Waals surface area contributed by atoms with Gasteiger partial charge in [-0.1, -0.05) is 22.4 Å². The van der Waals surface area contributed by atoms with Crippen LogP contribution in [-0.4, -0.2) is 24.7 Å². The number of rotatable bonds is 5. The molecule has 0 radical (unpaired) electrons. The van der Waals surface area contributed by atoms with Gasteiger partial charge in [-0.2, -0.15) is 8.78 Å². The van der Waals surface area contributed by atoms with Gasteiger partial charge < -0.3 is 4.74 Å². The molecule has 0 saturated carbocycles. The van der Waals surface area contributed by atoms with Crippen LogP contribution in [0, 0.1) is 0 Å². The maximum absolute atomic E-state index is 12.3. The van der Waals surface area contributed by atoms with E-state index < -0.39 is 6.61 Å². The molecule has 1 heterocycles. The average Bonchev–Trinajstić information content (AvgIpc) is 2.40. The molecular weight excluding hydrogens is 318 g/mol. The maximum Gasteiger partial charge on any atom is 0.387 e. The van der Waals surface area contributed by atoms with Gasteiger partial charge in [0, 0.05) is 29.7 Å². The minimum Gasteiger partial charge on any atom is -0.434 e. The number of nitrogens with one attached hydrogen (secondary N) is 1. The zero-order chi connectivity index (χ0) is 13.7. The first kappa shape index (κ1) is 14.7. The second kappa shape index (κ2) is 7.17. The molecule has 3 nitrogen and oxygen atoms in total. The summed E-state index contributed by atoms with van der Waals surface area (Å²) in [7, 11) is 0. The van der Waals surface area contributed by atoms with E-state index in [9.17, 15) is 8.78 Å². The molecule has 19 heavy (non-hydrogen) atoms. The van der Waals surface area contributed by atoms with E-state index >= 15 is 0 Å². The van der Waals surface area contributed by atoms with Crippen LogP contribution in [0.1, 0.15) is 24.8 Å². The van der Waals surface area contributed by atoms with Crippen molar-refractivity contribution in [2.24, 2.45) is 0 Å². The normalized spacial score (nSPS) is 16.8. The summed E-state index contributed by atoms with van der Waals surface area (Å²) in [6, 6.07) is 5.06. The molecule has 0 amide bonds. The first-order valence-corrected chi connectivity index (χ1v) is 7.16. The zero-order valence-corrected chi connectivity index (χ0v) is 12.1. The number of benzene rings is 1. The van der Waals surface area contributed by atoms with E-state index in [1.165, 1.54) is 19.3 Å². The standard InChI is InChI=1S/C13H17BrF2N2O/c14-11-4-5-12(19-13(15)16)10(8-11)9-17-18-6-2-1-3-7-18/h4-5,8,13,17H,1-3,6-7,9H2. The molecule has 1 aromatic carbocycles. The van der Waals surface area contributed by atoms with E-state index in [2.05, 4.69) is 31.1 Å². The lowest BCUT2D eigenvalue weighted by molar-refractivity contribution is -0.0506. The molecule has 0 bridgehead atoms. The van der Waals surface area contributed by atoms with Gasteiger partial charge in [0.05, 0.1) is 0 Å². The van der Waals surface area contributed by atoms with Crippen molar-refractivity contribution in [3.8, 4) is 5.75 Å². The lowest BCUT2D eigenvalue weighted by Gasteiger charge is -2.27. The van der Waals surface area contributed by atoms with Gasteiger partial charge in [-0.05, 0) is 31.0 Å². The molecule has 6 heteroatoms. The molecule has 0 unspecified atom stereocenters. The summed E-state index contributed by atoms with van der Waals surface area (Å²) in [6.45, 7) is -0.311. The Labute approximate surface area is 120 Å². The topological polar surface area (TPSA) is 24.5 Å². The second-order valence-corrected chi connectivity index (χ2v) is 5.43. The first-order chi connectivity index (χ1) is 9.15. The summed E-state index contributed by atoms with van der Waals surface area (Å²) in [5.41, 5.74) is 3.99. The SMILES string of the molecule is FC(F)Oc1ccc(Br)cc1CNN1CCCCC1. The lowest BCUT2D eigenvalue weighted by Crippen LogP contribution is -2.41. The van der Waals surface area contributed by atoms with Gasteiger partial charge in [-0.3, -0.25) is 5.43 Å². The van der Waals surface area contributed by atoms with Gasteiger partial charge in [0.1, 0.15) is 5.75 Å². The number of piperidine rings is 1. The second-order valence-electron chi connectivity index (χ2n) is 4.51. The van der Waals surface area contributed by atoms with Crippen molar-refractivity contribution in [1.29, 1.82) is 0 Å². The Morgan fingerprint density at radius 1 is 1.26 bits per heavy atom. The summed E-state index contributed by atoms with van der Waals surface area (Å²) in [5.74, 6) is 0.225. The Hall–Kier alpha value is -0.720. The van der Waals surface area contributed by atoms with Gasteiger partial charge >= 0.3 is 6.61 Å². The summed E-state index contributed by atoms with van der Waals surface area (Å²) < 4.78 is 30.0. The van der Waals surface area contributed by atoms with Crippen molar-refractivity contribution >= 4 is 15.9 Å². The number of alkyl halides is 2. The Balaban J connectivity index is 1.98. The van der Waals surface area contributed by atoms with Gasteiger partial charge in [-0.25, -0.2) is 5.01 Å². The van der Waals surface area contributed by atoms with Gasteiger partial charge in [0.2, 0.25) is 0 Å². The van der Waals surface area contributed by atoms with Crippen LogP contribution in [0.25, 0.3) is 0 Å². The Morgan fingerprint density at radius 2 is 2.00 bits per heavy atom. The number of nitrogens with zero attached hydrogens (tertiary/aromatic N) is 1. The van der Waals surface area contributed by atoms with Crippen LogP contribution in [0.4, 0.5) is 8.78 Å². The molecule has 1 fully saturated rings. The molecule has 0 aromatic heterocycles. The molecule has 106 valence electrons. The van der Waals surface area contributed by atoms with Crippen molar-refractivity contribution in [2.75, 3.05) is 13.1 Å². The predicted octanol–water partition coefficient (Wildman–Crippen LogP) is 3.54. The van der Waals surface area contributed by atoms with E-state index in [0.717, 1.165) is 23.1 Å². The molecule has 1 N–H and O–H groups in total. The minimum absolute atomic E-state index is 0.225. The molecule has 0 spiro atoms. The van der Waals surface area contributed by atoms with Crippen molar-refractivity contribution < 1.29 is 13.5 Å². The Kier molecular flexibility index (Phi) is 5.54. The molecule has 1 aliphatic heterocycles. The summed E-state index contributed by atoms with van der Waals surface area (Å²) >= 11 is 3.34. The number of hydrogen-bond acceptors (Lipinski definition) is 3. The quantitative estimate of drug-likeness (QED) is 0.891. The summed E-state index contributed by atoms with van der Waals surface area (Å²) in [4.78, 5) is 0. The van der Waals surface area contributed by atoms with Crippen LogP contribution in [0.3, 0.4) is 0 Å². The van der Waals surface area contributed by atoms with Gasteiger partial charge in [0.25, 0.3) is 0 Å². The number of hydrogen-bond donors (Lipinski definition) is 1. The fourth-order valence-corrected chi connectivity index (χ4v) is 2.55. The fraction of sp³-hybridized carbons (Fsp3) is 0.538. The van der Waals surface area contributed by atoms with Crippen LogP contribution in [0.2, 0.25) is 0 Å². The third-order valence-electron chi connectivity index (χ3n) is 3.09. The first-order valence-electron chi connectivity index (χ1n) is 6.37. The van der Waals surface area contributed by atoms with Crippen LogP contribution in [0.15, 0.2) is 22.7 Å². The Bertz CT molecular complexity index is 412. The smallest absolute Gasteiger partial charge is 0.387 e. The highest BCUT2D eigenvalue weighted by atomic mass is 79.9. The molecular formula is C13H17BrF2N2O. The number of hydrazine groups is 1. The molecule has 2 rings (SSSR count). The molecule has 0 aliphatic carbocycles. The van der Waals surface area contributed by atoms with E-state index in [1.54, 1.807) is 18.2 Å². The lowest BCUT2D eigenvalue weighted by atomic mass is 10.1. The largest absolute Gasteiger partial charge is 0.434 e. The molecule has 1 aromatic rings. The van der Waals surface area contributed by atoms with E-state index in [0.29, 0.717) is 6.54 Å². The third kappa shape index (κ3) is 4.71. The molecule has 1 saturated heterocycles. The maximum atomic E-state index is 12.3. The third-order valence-corrected chi connectivity index (χ3v) is 3.58. The molecule has 1 aliphatic rings. The van der Waals surface area contributed by atoms with Crippen LogP contribution < -0.4 is 10.2 Å². The average molecular weight is 335 g/mol. The summed E-state index contributed by atoms with van der Waals surface area (Å²) in [6.07, 6.45) is 3.60. The van der Waals surface area contributed by atoms with Crippen LogP contribution in [0.5, 0.6) is 5.75 Å². The van der Waals surface area contributed by atoms with Crippen LogP contribution in [-0.2, 0) is 6.54 Å².